The van der Waals surface area contributed by atoms with E-state index in [1.807, 2.05) is 27.7 Å². The van der Waals surface area contributed by atoms with Gasteiger partial charge in [-0.3, -0.25) is 24.6 Å². The van der Waals surface area contributed by atoms with Crippen LogP contribution in [0, 0.1) is 21.4 Å². The lowest BCUT2D eigenvalue weighted by Gasteiger charge is -2.56. The highest BCUT2D eigenvalue weighted by atomic mass is 32.2. The normalized spacial score (nSPS) is 20.9. The second-order valence-electron chi connectivity index (χ2n) is 10.3. The molecule has 2 aliphatic rings. The summed E-state index contributed by atoms with van der Waals surface area (Å²) in [4.78, 5) is 50.6. The van der Waals surface area contributed by atoms with Crippen LogP contribution in [0.25, 0.3) is 0 Å². The maximum atomic E-state index is 13.6. The number of thioether (sulfide) groups is 2. The Hall–Kier alpha value is -2.35. The van der Waals surface area contributed by atoms with E-state index in [1.54, 1.807) is 0 Å². The van der Waals surface area contributed by atoms with Gasteiger partial charge in [0.25, 0.3) is 5.69 Å². The second-order valence-corrected chi connectivity index (χ2v) is 15.0. The summed E-state index contributed by atoms with van der Waals surface area (Å²) in [6.45, 7) is 12.1. The van der Waals surface area contributed by atoms with E-state index in [9.17, 15) is 24.5 Å². The molecular weight excluding hydrogens is 534 g/mol. The number of nitro groups is 1. The van der Waals surface area contributed by atoms with E-state index in [1.165, 1.54) is 59.7 Å². The number of fused-ring (bicyclic) bond motifs is 1. The van der Waals surface area contributed by atoms with E-state index < -0.39 is 31.5 Å². The van der Waals surface area contributed by atoms with Crippen LogP contribution in [0.4, 0.5) is 5.69 Å². The van der Waals surface area contributed by atoms with Gasteiger partial charge in [-0.2, -0.15) is 0 Å². The standard InChI is InChI=1S/C24H33N3O7S2Si/c1-23(2,3)24(4,34-37(6)7)17-19(29)26-18(22(36-20(17)26)35-13-16(28)25-5)21(30)33-12-14-8-10-15(11-9-14)27(31)32/h8-11,17,20,37H,12-13H2,1-7H3,(H,25,28)/t17?,20-,24?/m1/s1. The summed E-state index contributed by atoms with van der Waals surface area (Å²) < 4.78 is 12.6. The molecule has 3 atom stereocenters. The van der Waals surface area contributed by atoms with E-state index in [0.29, 0.717) is 9.80 Å². The third-order valence-corrected chi connectivity index (χ3v) is 10.2. The van der Waals surface area contributed by atoms with Crippen LogP contribution in [-0.4, -0.2) is 60.4 Å². The molecule has 202 valence electrons. The minimum atomic E-state index is -1.52. The van der Waals surface area contributed by atoms with Crippen molar-refractivity contribution in [3.05, 3.63) is 49.9 Å². The number of nitrogens with zero attached hydrogens (tertiary/aromatic N) is 2. The molecule has 0 saturated carbocycles. The summed E-state index contributed by atoms with van der Waals surface area (Å²) in [6, 6.07) is 5.70. The molecule has 0 aliphatic carbocycles. The minimum absolute atomic E-state index is 0.0634. The zero-order valence-electron chi connectivity index (χ0n) is 22.0. The summed E-state index contributed by atoms with van der Waals surface area (Å²) in [7, 11) is 0.0137. The molecule has 2 amide bonds. The number of carbonyl (C=O) groups excluding carboxylic acids is 3. The molecule has 1 aromatic rings. The molecule has 0 spiro atoms. The Morgan fingerprint density at radius 2 is 1.84 bits per heavy atom. The summed E-state index contributed by atoms with van der Waals surface area (Å²) in [6.07, 6.45) is 0. The highest BCUT2D eigenvalue weighted by molar-refractivity contribution is 8.23. The van der Waals surface area contributed by atoms with Gasteiger partial charge in [0.05, 0.1) is 26.4 Å². The third kappa shape index (κ3) is 5.89. The molecule has 1 saturated heterocycles. The van der Waals surface area contributed by atoms with E-state index in [-0.39, 0.29) is 46.3 Å². The van der Waals surface area contributed by atoms with Gasteiger partial charge in [0.1, 0.15) is 12.0 Å². The van der Waals surface area contributed by atoms with Crippen molar-refractivity contribution in [2.24, 2.45) is 11.3 Å². The molecule has 37 heavy (non-hydrogen) atoms. The molecule has 10 nitrogen and oxygen atoms in total. The number of ether oxygens (including phenoxy) is 1. The monoisotopic (exact) mass is 567 g/mol. The average molecular weight is 568 g/mol. The molecule has 2 heterocycles. The van der Waals surface area contributed by atoms with Crippen LogP contribution in [-0.2, 0) is 30.2 Å². The lowest BCUT2D eigenvalue weighted by molar-refractivity contribution is -0.384. The Morgan fingerprint density at radius 1 is 1.22 bits per heavy atom. The fourth-order valence-electron chi connectivity index (χ4n) is 4.22. The Labute approximate surface area is 226 Å². The molecule has 1 N–H and O–H groups in total. The number of β-lactam (4-membered cyclic amide) rings is 1. The van der Waals surface area contributed by atoms with Crippen molar-refractivity contribution >= 4 is 56.0 Å². The van der Waals surface area contributed by atoms with E-state index in [0.717, 1.165) is 0 Å². The zero-order chi connectivity index (χ0) is 27.7. The molecule has 3 rings (SSSR count). The molecular formula is C24H33N3O7S2Si. The van der Waals surface area contributed by atoms with Crippen molar-refractivity contribution in [3.8, 4) is 0 Å². The van der Waals surface area contributed by atoms with E-state index >= 15 is 0 Å². The maximum Gasteiger partial charge on any atom is 0.357 e. The maximum absolute atomic E-state index is 13.6. The summed E-state index contributed by atoms with van der Waals surface area (Å²) in [5.41, 5.74) is -0.444. The number of benzene rings is 1. The van der Waals surface area contributed by atoms with Gasteiger partial charge in [-0.25, -0.2) is 4.79 Å². The number of hydrogen-bond donors (Lipinski definition) is 1. The number of rotatable bonds is 10. The van der Waals surface area contributed by atoms with Crippen LogP contribution in [0.15, 0.2) is 34.2 Å². The lowest BCUT2D eigenvalue weighted by Crippen LogP contribution is -2.69. The summed E-state index contributed by atoms with van der Waals surface area (Å²) >= 11 is 2.58. The average Bonchev–Trinajstić information content (AvgIpc) is 3.14. The van der Waals surface area contributed by atoms with Crippen LogP contribution in [0.2, 0.25) is 13.1 Å². The number of hydrogen-bond acceptors (Lipinski definition) is 9. The van der Waals surface area contributed by atoms with Gasteiger partial charge in [-0.1, -0.05) is 32.5 Å². The minimum Gasteiger partial charge on any atom is -0.456 e. The van der Waals surface area contributed by atoms with Crippen molar-refractivity contribution in [2.45, 2.75) is 58.4 Å². The van der Waals surface area contributed by atoms with E-state index in [4.69, 9.17) is 9.16 Å². The lowest BCUT2D eigenvalue weighted by atomic mass is 9.66. The Kier molecular flexibility index (Phi) is 8.82. The Morgan fingerprint density at radius 3 is 2.35 bits per heavy atom. The fourth-order valence-corrected chi connectivity index (χ4v) is 8.51. The molecule has 2 unspecified atom stereocenters. The largest absolute Gasteiger partial charge is 0.456 e. The molecule has 0 bridgehead atoms. The Balaban J connectivity index is 1.85. The first-order chi connectivity index (χ1) is 17.2. The predicted molar refractivity (Wildman–Crippen MR) is 146 cm³/mol. The Bertz CT molecular complexity index is 1120. The summed E-state index contributed by atoms with van der Waals surface area (Å²) in [5, 5.41) is 13.1. The van der Waals surface area contributed by atoms with Gasteiger partial charge in [0, 0.05) is 19.2 Å². The van der Waals surface area contributed by atoms with Crippen molar-refractivity contribution in [1.29, 1.82) is 0 Å². The van der Waals surface area contributed by atoms with Crippen molar-refractivity contribution in [2.75, 3.05) is 12.8 Å². The molecule has 2 aliphatic heterocycles. The van der Waals surface area contributed by atoms with Crippen LogP contribution in [0.3, 0.4) is 0 Å². The van der Waals surface area contributed by atoms with Gasteiger partial charge >= 0.3 is 5.97 Å². The van der Waals surface area contributed by atoms with E-state index in [2.05, 4.69) is 18.4 Å². The van der Waals surface area contributed by atoms with Gasteiger partial charge in [-0.15, -0.1) is 11.8 Å². The molecule has 1 aromatic carbocycles. The zero-order valence-corrected chi connectivity index (χ0v) is 24.8. The van der Waals surface area contributed by atoms with Gasteiger partial charge < -0.3 is 14.5 Å². The highest BCUT2D eigenvalue weighted by Crippen LogP contribution is 2.59. The SMILES string of the molecule is CNC(=O)CSC1=C(C(=O)OCc2ccc([N+](=O)[O-])cc2)N2C(=O)C(C(C)(O[SiH](C)C)C(C)(C)C)[C@H]2S1. The van der Waals surface area contributed by atoms with Gasteiger partial charge in [0.2, 0.25) is 11.8 Å². The molecule has 13 heteroatoms. The molecule has 1 fully saturated rings. The number of carbonyl (C=O) groups is 3. The first kappa shape index (κ1) is 29.2. The number of esters is 1. The third-order valence-electron chi connectivity index (χ3n) is 6.59. The number of amides is 2. The first-order valence-corrected chi connectivity index (χ1v) is 16.5. The quantitative estimate of drug-likeness (QED) is 0.148. The molecule has 0 radical (unpaired) electrons. The number of non-ortho nitro benzene ring substituents is 1. The number of nitrogens with one attached hydrogen (secondary N) is 1. The van der Waals surface area contributed by atoms with Gasteiger partial charge in [0.15, 0.2) is 14.7 Å². The smallest absolute Gasteiger partial charge is 0.357 e. The van der Waals surface area contributed by atoms with Crippen LogP contribution >= 0.6 is 23.5 Å². The first-order valence-electron chi connectivity index (χ1n) is 11.9. The summed E-state index contributed by atoms with van der Waals surface area (Å²) in [5.74, 6) is -1.48. The van der Waals surface area contributed by atoms with Crippen LogP contribution in [0.5, 0.6) is 0 Å². The van der Waals surface area contributed by atoms with Crippen LogP contribution < -0.4 is 5.32 Å². The molecule has 0 aromatic heterocycles. The van der Waals surface area contributed by atoms with Crippen molar-refractivity contribution in [1.82, 2.24) is 10.2 Å². The predicted octanol–water partition coefficient (Wildman–Crippen LogP) is 3.62. The second kappa shape index (κ2) is 11.2. The number of nitro benzene ring substituents is 1. The van der Waals surface area contributed by atoms with Gasteiger partial charge in [-0.05, 0) is 43.1 Å². The topological polar surface area (TPSA) is 128 Å². The fraction of sp³-hybridized carbons (Fsp3) is 0.542. The van der Waals surface area contributed by atoms with Crippen molar-refractivity contribution < 1.29 is 28.5 Å². The van der Waals surface area contributed by atoms with Crippen LogP contribution in [0.1, 0.15) is 33.3 Å². The van der Waals surface area contributed by atoms with Crippen molar-refractivity contribution in [3.63, 3.8) is 0 Å². The highest BCUT2D eigenvalue weighted by Gasteiger charge is 2.65.